The van der Waals surface area contributed by atoms with Gasteiger partial charge in [-0.1, -0.05) is 12.0 Å². The number of piperidine rings is 1. The Bertz CT molecular complexity index is 1560. The molecule has 2 bridgehead atoms. The first-order chi connectivity index (χ1) is 18.9. The van der Waals surface area contributed by atoms with E-state index in [2.05, 4.69) is 34.4 Å². The minimum atomic E-state index is -4.41. The predicted molar refractivity (Wildman–Crippen MR) is 151 cm³/mol. The molecule has 0 spiro atoms. The zero-order chi connectivity index (χ0) is 28.7. The number of benzene rings is 2. The summed E-state index contributed by atoms with van der Waals surface area (Å²) < 4.78 is 70.9. The van der Waals surface area contributed by atoms with Crippen molar-refractivity contribution in [3.05, 3.63) is 48.2 Å². The van der Waals surface area contributed by atoms with Gasteiger partial charge in [-0.05, 0) is 69.0 Å². The average molecular weight is 575 g/mol. The van der Waals surface area contributed by atoms with Gasteiger partial charge >= 0.3 is 6.18 Å². The number of alkyl halides is 3. The minimum absolute atomic E-state index is 0.117. The zero-order valence-corrected chi connectivity index (χ0v) is 23.5. The third-order valence-electron chi connectivity index (χ3n) is 7.93. The Kier molecular flexibility index (Phi) is 7.68. The second kappa shape index (κ2) is 10.9. The van der Waals surface area contributed by atoms with Gasteiger partial charge < -0.3 is 24.8 Å². The van der Waals surface area contributed by atoms with Crippen molar-refractivity contribution in [3.63, 3.8) is 0 Å². The Balaban J connectivity index is 1.39. The van der Waals surface area contributed by atoms with Crippen LogP contribution in [-0.4, -0.2) is 69.1 Å². The van der Waals surface area contributed by atoms with Crippen LogP contribution in [0.2, 0.25) is 0 Å². The highest BCUT2D eigenvalue weighted by molar-refractivity contribution is 7.90. The molecule has 3 aromatic rings. The number of rotatable bonds is 7. The molecule has 40 heavy (non-hydrogen) atoms. The molecule has 2 atom stereocenters. The van der Waals surface area contributed by atoms with Crippen molar-refractivity contribution in [2.45, 2.75) is 61.4 Å². The van der Waals surface area contributed by atoms with E-state index in [-0.39, 0.29) is 23.2 Å². The first-order valence-corrected chi connectivity index (χ1v) is 15.1. The largest absolute Gasteiger partial charge is 0.495 e. The number of aromatic nitrogens is 1. The van der Waals surface area contributed by atoms with Crippen LogP contribution < -0.4 is 15.4 Å². The molecule has 7 nitrogen and oxygen atoms in total. The highest BCUT2D eigenvalue weighted by Gasteiger charge is 2.38. The summed E-state index contributed by atoms with van der Waals surface area (Å²) in [6, 6.07) is 12.9. The van der Waals surface area contributed by atoms with Gasteiger partial charge in [0.2, 0.25) is 0 Å². The lowest BCUT2D eigenvalue weighted by atomic mass is 9.97. The van der Waals surface area contributed by atoms with Gasteiger partial charge in [-0.3, -0.25) is 0 Å². The second-order valence-corrected chi connectivity index (χ2v) is 12.6. The van der Waals surface area contributed by atoms with Crippen molar-refractivity contribution in [1.29, 1.82) is 0 Å². The smallest absolute Gasteiger partial charge is 0.406 e. The van der Waals surface area contributed by atoms with Crippen LogP contribution in [0.15, 0.2) is 47.4 Å². The second-order valence-electron chi connectivity index (χ2n) is 10.6. The monoisotopic (exact) mass is 574 g/mol. The molecule has 2 N–H and O–H groups in total. The molecule has 2 aliphatic heterocycles. The molecule has 1 aromatic heterocycles. The third-order valence-corrected chi connectivity index (χ3v) is 9.04. The van der Waals surface area contributed by atoms with Crippen LogP contribution in [-0.2, 0) is 16.4 Å². The van der Waals surface area contributed by atoms with E-state index in [1.807, 2.05) is 6.07 Å². The van der Waals surface area contributed by atoms with Crippen LogP contribution in [0, 0.1) is 11.8 Å². The fourth-order valence-electron chi connectivity index (χ4n) is 5.94. The highest BCUT2D eigenvalue weighted by Crippen LogP contribution is 2.37. The SMILES string of the molecule is COc1cc(S(C)(=O)=O)ccc1NCC#Cc1cc2c(NC3CC4CCC(C3)N4C)cccc2n1CC(F)(F)F. The number of nitrogens with one attached hydrogen (secondary N) is 2. The molecule has 2 unspecified atom stereocenters. The normalized spacial score (nSPS) is 21.2. The highest BCUT2D eigenvalue weighted by atomic mass is 32.2. The quantitative estimate of drug-likeness (QED) is 0.382. The Morgan fingerprint density at radius 1 is 1.07 bits per heavy atom. The lowest BCUT2D eigenvalue weighted by Gasteiger charge is -2.37. The molecule has 2 fully saturated rings. The van der Waals surface area contributed by atoms with Gasteiger partial charge in [-0.2, -0.15) is 13.2 Å². The minimum Gasteiger partial charge on any atom is -0.495 e. The zero-order valence-electron chi connectivity index (χ0n) is 22.7. The van der Waals surface area contributed by atoms with E-state index in [9.17, 15) is 21.6 Å². The molecule has 214 valence electrons. The van der Waals surface area contributed by atoms with Gasteiger partial charge in [0.15, 0.2) is 9.84 Å². The van der Waals surface area contributed by atoms with E-state index >= 15 is 0 Å². The van der Waals surface area contributed by atoms with Crippen molar-refractivity contribution < 1.29 is 26.3 Å². The van der Waals surface area contributed by atoms with Gasteiger partial charge in [0.1, 0.15) is 12.3 Å². The Morgan fingerprint density at radius 2 is 1.80 bits per heavy atom. The Labute approximate surface area is 232 Å². The molecular weight excluding hydrogens is 541 g/mol. The molecule has 3 heterocycles. The van der Waals surface area contributed by atoms with E-state index in [0.717, 1.165) is 24.8 Å². The number of hydrogen-bond acceptors (Lipinski definition) is 6. The summed E-state index contributed by atoms with van der Waals surface area (Å²) in [7, 11) is 0.202. The van der Waals surface area contributed by atoms with Crippen LogP contribution in [0.1, 0.15) is 31.4 Å². The topological polar surface area (TPSA) is 75.6 Å². The number of fused-ring (bicyclic) bond motifs is 3. The van der Waals surface area contributed by atoms with Crippen molar-refractivity contribution in [2.24, 2.45) is 0 Å². The van der Waals surface area contributed by atoms with Crippen LogP contribution in [0.3, 0.4) is 0 Å². The number of anilines is 2. The van der Waals surface area contributed by atoms with E-state index < -0.39 is 22.6 Å². The number of methoxy groups -OCH3 is 1. The molecular formula is C29H33F3N4O3S. The van der Waals surface area contributed by atoms with E-state index in [4.69, 9.17) is 4.74 Å². The number of hydrogen-bond donors (Lipinski definition) is 2. The molecule has 0 radical (unpaired) electrons. The molecule has 0 aliphatic carbocycles. The molecule has 2 aliphatic rings. The molecule has 0 amide bonds. The molecule has 5 rings (SSSR count). The van der Waals surface area contributed by atoms with Crippen molar-refractivity contribution in [1.82, 2.24) is 9.47 Å². The van der Waals surface area contributed by atoms with Crippen molar-refractivity contribution in [3.8, 4) is 17.6 Å². The van der Waals surface area contributed by atoms with Crippen LogP contribution in [0.25, 0.3) is 10.9 Å². The summed E-state index contributed by atoms with van der Waals surface area (Å²) in [5.74, 6) is 6.15. The maximum atomic E-state index is 13.6. The molecule has 2 saturated heterocycles. The van der Waals surface area contributed by atoms with Gasteiger partial charge in [0, 0.05) is 41.5 Å². The summed E-state index contributed by atoms with van der Waals surface area (Å²) in [6.45, 7) is -1.03. The molecule has 2 aromatic carbocycles. The van der Waals surface area contributed by atoms with Gasteiger partial charge in [-0.15, -0.1) is 0 Å². The maximum absolute atomic E-state index is 13.6. The number of sulfone groups is 1. The molecule has 11 heteroatoms. The average Bonchev–Trinajstić information content (AvgIpc) is 3.31. The van der Waals surface area contributed by atoms with E-state index in [0.29, 0.717) is 34.4 Å². The van der Waals surface area contributed by atoms with E-state index in [1.54, 1.807) is 24.3 Å². The summed E-state index contributed by atoms with van der Waals surface area (Å²) in [5, 5.41) is 7.40. The van der Waals surface area contributed by atoms with Gasteiger partial charge in [0.25, 0.3) is 0 Å². The Morgan fingerprint density at radius 3 is 2.45 bits per heavy atom. The number of ether oxygens (including phenoxy) is 1. The van der Waals surface area contributed by atoms with E-state index in [1.165, 1.54) is 36.7 Å². The summed E-state index contributed by atoms with van der Waals surface area (Å²) >= 11 is 0. The standard InChI is InChI=1S/C29H33F3N4O3S/c1-35-20-9-10-21(35)15-19(14-20)34-25-7-4-8-27-24(25)16-22(36(27)18-29(30,31)32)6-5-13-33-26-12-11-23(40(3,37)38)17-28(26)39-2/h4,7-8,11-12,16-17,19-21,33-34H,9-10,13-15,18H2,1-3H3. The third kappa shape index (κ3) is 6.03. The van der Waals surface area contributed by atoms with Crippen LogP contribution >= 0.6 is 0 Å². The summed E-state index contributed by atoms with van der Waals surface area (Å²) in [6.07, 6.45) is 1.10. The van der Waals surface area contributed by atoms with Gasteiger partial charge in [-0.25, -0.2) is 8.42 Å². The van der Waals surface area contributed by atoms with Gasteiger partial charge in [0.05, 0.1) is 35.4 Å². The first-order valence-electron chi connectivity index (χ1n) is 13.2. The summed E-state index contributed by atoms with van der Waals surface area (Å²) in [5.41, 5.74) is 2.10. The van der Waals surface area contributed by atoms with Crippen LogP contribution in [0.5, 0.6) is 5.75 Å². The number of halogens is 3. The fourth-order valence-corrected chi connectivity index (χ4v) is 6.57. The van der Waals surface area contributed by atoms with Crippen LogP contribution in [0.4, 0.5) is 24.5 Å². The molecule has 0 saturated carbocycles. The Hall–Kier alpha value is -3.36. The van der Waals surface area contributed by atoms with Crippen molar-refractivity contribution >= 4 is 32.1 Å². The summed E-state index contributed by atoms with van der Waals surface area (Å²) in [4.78, 5) is 2.57. The maximum Gasteiger partial charge on any atom is 0.406 e. The lowest BCUT2D eigenvalue weighted by Crippen LogP contribution is -2.44. The predicted octanol–water partition coefficient (Wildman–Crippen LogP) is 5.12. The lowest BCUT2D eigenvalue weighted by molar-refractivity contribution is -0.140. The first kappa shape index (κ1) is 28.2. The fraction of sp³-hybridized carbons (Fsp3) is 0.448. The number of nitrogens with zero attached hydrogens (tertiary/aromatic N) is 2. The van der Waals surface area contributed by atoms with Crippen molar-refractivity contribution in [2.75, 3.05) is 37.6 Å².